The zero-order valence-electron chi connectivity index (χ0n) is 20.1. The highest BCUT2D eigenvalue weighted by Gasteiger charge is 2.16. The smallest absolute Gasteiger partial charge is 0.201 e. The summed E-state index contributed by atoms with van der Waals surface area (Å²) in [7, 11) is 0. The van der Waals surface area contributed by atoms with Crippen molar-refractivity contribution < 1.29 is 17.9 Å². The summed E-state index contributed by atoms with van der Waals surface area (Å²) in [5.74, 6) is -2.30. The molecule has 0 aliphatic rings. The van der Waals surface area contributed by atoms with E-state index >= 15 is 0 Å². The maximum absolute atomic E-state index is 14.9. The maximum Gasteiger partial charge on any atom is 0.201 e. The van der Waals surface area contributed by atoms with Gasteiger partial charge in [-0.05, 0) is 59.4 Å². The molecular weight excluding hydrogens is 461 g/mol. The van der Waals surface area contributed by atoms with Gasteiger partial charge in [0.2, 0.25) is 5.82 Å². The lowest BCUT2D eigenvalue weighted by atomic mass is 9.98. The average Bonchev–Trinajstić information content (AvgIpc) is 2.90. The summed E-state index contributed by atoms with van der Waals surface area (Å²) in [5.41, 5.74) is 3.37. The fraction of sp³-hybridized carbons (Fsp3) is 0.200. The highest BCUT2D eigenvalue weighted by molar-refractivity contribution is 5.73. The Morgan fingerprint density at radius 3 is 2.14 bits per heavy atom. The van der Waals surface area contributed by atoms with Crippen molar-refractivity contribution in [3.8, 4) is 39.4 Å². The fourth-order valence-electron chi connectivity index (χ4n) is 3.94. The SMILES string of the molecule is C=CCOc1ccc(-c2ccc(-c3ccc(-c4ncc(CCCCC)cn4)c(F)c3)cc2)c(F)c1F. The highest BCUT2D eigenvalue weighted by atomic mass is 19.2. The van der Waals surface area contributed by atoms with Crippen molar-refractivity contribution in [1.82, 2.24) is 9.97 Å². The number of halogens is 3. The van der Waals surface area contributed by atoms with Gasteiger partial charge < -0.3 is 4.74 Å². The van der Waals surface area contributed by atoms with Crippen LogP contribution in [-0.4, -0.2) is 16.6 Å². The third-order valence-corrected chi connectivity index (χ3v) is 5.92. The molecule has 3 aromatic carbocycles. The first-order chi connectivity index (χ1) is 17.5. The summed E-state index contributed by atoms with van der Waals surface area (Å²) in [5, 5.41) is 0. The summed E-state index contributed by atoms with van der Waals surface area (Å²) in [6, 6.07) is 14.5. The molecule has 184 valence electrons. The van der Waals surface area contributed by atoms with Crippen LogP contribution in [0.4, 0.5) is 13.2 Å². The third kappa shape index (κ3) is 5.65. The summed E-state index contributed by atoms with van der Waals surface area (Å²) in [4.78, 5) is 8.69. The predicted molar refractivity (Wildman–Crippen MR) is 137 cm³/mol. The van der Waals surface area contributed by atoms with Crippen LogP contribution in [0.2, 0.25) is 0 Å². The van der Waals surface area contributed by atoms with E-state index in [2.05, 4.69) is 23.5 Å². The second kappa shape index (κ2) is 11.7. The minimum absolute atomic E-state index is 0.0796. The number of benzene rings is 3. The predicted octanol–water partition coefficient (Wildman–Crippen LogP) is 8.19. The van der Waals surface area contributed by atoms with Crippen LogP contribution < -0.4 is 4.74 Å². The Balaban J connectivity index is 1.52. The standard InChI is InChI=1S/C30H27F3N2O/c1-3-5-6-7-20-18-34-30(35-19-20)25-13-12-23(17-26(25)31)21-8-10-22(11-9-21)24-14-15-27(36-16-4-2)29(33)28(24)32/h4,8-15,17-19H,2-3,5-7,16H2,1H3. The van der Waals surface area contributed by atoms with Crippen molar-refractivity contribution in [2.45, 2.75) is 32.6 Å². The summed E-state index contributed by atoms with van der Waals surface area (Å²) in [6.07, 6.45) is 9.26. The molecule has 0 atom stereocenters. The summed E-state index contributed by atoms with van der Waals surface area (Å²) >= 11 is 0. The van der Waals surface area contributed by atoms with Gasteiger partial charge in [-0.1, -0.05) is 62.8 Å². The van der Waals surface area contributed by atoms with Crippen LogP contribution in [0.15, 0.2) is 79.6 Å². The Kier molecular flexibility index (Phi) is 8.16. The van der Waals surface area contributed by atoms with E-state index in [0.29, 0.717) is 22.5 Å². The molecule has 0 amide bonds. The molecule has 4 aromatic rings. The maximum atomic E-state index is 14.9. The molecule has 0 unspecified atom stereocenters. The van der Waals surface area contributed by atoms with Gasteiger partial charge in [0.1, 0.15) is 12.4 Å². The fourth-order valence-corrected chi connectivity index (χ4v) is 3.94. The van der Waals surface area contributed by atoms with Gasteiger partial charge in [0.05, 0.1) is 5.56 Å². The van der Waals surface area contributed by atoms with E-state index in [0.717, 1.165) is 36.8 Å². The molecule has 1 heterocycles. The van der Waals surface area contributed by atoms with Crippen molar-refractivity contribution in [1.29, 1.82) is 0 Å². The second-order valence-electron chi connectivity index (χ2n) is 8.48. The number of hydrogen-bond acceptors (Lipinski definition) is 3. The molecule has 0 N–H and O–H groups in total. The van der Waals surface area contributed by atoms with Gasteiger partial charge in [-0.15, -0.1) is 0 Å². The molecular formula is C30H27F3N2O. The van der Waals surface area contributed by atoms with Crippen molar-refractivity contribution >= 4 is 0 Å². The van der Waals surface area contributed by atoms with E-state index in [1.807, 2.05) is 0 Å². The Morgan fingerprint density at radius 2 is 1.47 bits per heavy atom. The van der Waals surface area contributed by atoms with E-state index in [1.54, 1.807) is 48.8 Å². The van der Waals surface area contributed by atoms with Gasteiger partial charge in [-0.3, -0.25) is 0 Å². The third-order valence-electron chi connectivity index (χ3n) is 5.92. The summed E-state index contributed by atoms with van der Waals surface area (Å²) in [6.45, 7) is 5.73. The molecule has 0 saturated carbocycles. The number of aromatic nitrogens is 2. The Morgan fingerprint density at radius 1 is 0.806 bits per heavy atom. The van der Waals surface area contributed by atoms with Crippen LogP contribution in [0.25, 0.3) is 33.6 Å². The number of hydrogen-bond donors (Lipinski definition) is 0. The Bertz CT molecular complexity index is 1340. The Labute approximate surface area is 209 Å². The van der Waals surface area contributed by atoms with E-state index < -0.39 is 17.5 Å². The molecule has 36 heavy (non-hydrogen) atoms. The zero-order valence-corrected chi connectivity index (χ0v) is 20.1. The van der Waals surface area contributed by atoms with E-state index in [4.69, 9.17) is 4.74 Å². The largest absolute Gasteiger partial charge is 0.486 e. The van der Waals surface area contributed by atoms with Crippen LogP contribution in [0.5, 0.6) is 5.75 Å². The quantitative estimate of drug-likeness (QED) is 0.167. The van der Waals surface area contributed by atoms with Gasteiger partial charge in [-0.25, -0.2) is 18.7 Å². The Hall–Kier alpha value is -3.93. The summed E-state index contributed by atoms with van der Waals surface area (Å²) < 4.78 is 49.0. The lowest BCUT2D eigenvalue weighted by Gasteiger charge is -2.10. The molecule has 0 saturated heterocycles. The first kappa shape index (κ1) is 25.2. The van der Waals surface area contributed by atoms with Gasteiger partial charge in [-0.2, -0.15) is 4.39 Å². The highest BCUT2D eigenvalue weighted by Crippen LogP contribution is 2.32. The van der Waals surface area contributed by atoms with E-state index in [1.165, 1.54) is 24.3 Å². The van der Waals surface area contributed by atoms with Gasteiger partial charge in [0, 0.05) is 18.0 Å². The molecule has 0 aliphatic heterocycles. The molecule has 0 fully saturated rings. The molecule has 1 aromatic heterocycles. The average molecular weight is 489 g/mol. The van der Waals surface area contributed by atoms with Crippen molar-refractivity contribution in [2.75, 3.05) is 6.61 Å². The van der Waals surface area contributed by atoms with E-state index in [9.17, 15) is 13.2 Å². The minimum atomic E-state index is -1.05. The number of aryl methyl sites for hydroxylation is 1. The minimum Gasteiger partial charge on any atom is -0.486 e. The first-order valence-corrected chi connectivity index (χ1v) is 11.9. The molecule has 0 bridgehead atoms. The van der Waals surface area contributed by atoms with Crippen molar-refractivity contribution in [3.63, 3.8) is 0 Å². The number of nitrogens with zero attached hydrogens (tertiary/aromatic N) is 2. The normalized spacial score (nSPS) is 10.9. The lowest BCUT2D eigenvalue weighted by Crippen LogP contribution is -1.99. The molecule has 3 nitrogen and oxygen atoms in total. The van der Waals surface area contributed by atoms with Crippen LogP contribution in [0.1, 0.15) is 31.7 Å². The molecule has 0 radical (unpaired) electrons. The van der Waals surface area contributed by atoms with Crippen molar-refractivity contribution in [2.24, 2.45) is 0 Å². The lowest BCUT2D eigenvalue weighted by molar-refractivity contribution is 0.333. The van der Waals surface area contributed by atoms with Crippen LogP contribution in [0, 0.1) is 17.5 Å². The molecule has 4 rings (SSSR count). The molecule has 0 aliphatic carbocycles. The number of ether oxygens (including phenoxy) is 1. The van der Waals surface area contributed by atoms with Crippen LogP contribution >= 0.6 is 0 Å². The van der Waals surface area contributed by atoms with Gasteiger partial charge in [0.25, 0.3) is 0 Å². The monoisotopic (exact) mass is 488 g/mol. The molecule has 0 spiro atoms. The number of unbranched alkanes of at least 4 members (excludes halogenated alkanes) is 2. The molecule has 6 heteroatoms. The van der Waals surface area contributed by atoms with Crippen LogP contribution in [-0.2, 0) is 6.42 Å². The topological polar surface area (TPSA) is 35.0 Å². The van der Waals surface area contributed by atoms with E-state index in [-0.39, 0.29) is 17.9 Å². The second-order valence-corrected chi connectivity index (χ2v) is 8.48. The van der Waals surface area contributed by atoms with Crippen LogP contribution in [0.3, 0.4) is 0 Å². The van der Waals surface area contributed by atoms with Crippen molar-refractivity contribution in [3.05, 3.63) is 103 Å². The van der Waals surface area contributed by atoms with Gasteiger partial charge >= 0.3 is 0 Å². The zero-order chi connectivity index (χ0) is 25.5. The number of rotatable bonds is 10. The van der Waals surface area contributed by atoms with Gasteiger partial charge in [0.15, 0.2) is 17.4 Å². The first-order valence-electron chi connectivity index (χ1n) is 11.9.